The minimum absolute atomic E-state index is 0. The number of halogens is 9. The van der Waals surface area contributed by atoms with E-state index in [1.807, 2.05) is 0 Å². The number of sulfonamides is 2. The molecule has 0 spiro atoms. The largest absolute Gasteiger partial charge is 1.00 e. The fourth-order valence-corrected chi connectivity index (χ4v) is 3.28. The second-order valence-corrected chi connectivity index (χ2v) is 14.3. The van der Waals surface area contributed by atoms with Crippen LogP contribution in [0.3, 0.4) is 0 Å². The number of rotatable bonds is 7. The van der Waals surface area contributed by atoms with Gasteiger partial charge in [-0.2, -0.15) is 22.0 Å². The van der Waals surface area contributed by atoms with Crippen LogP contribution < -0.4 is 140 Å². The third-order valence-corrected chi connectivity index (χ3v) is 5.25. The van der Waals surface area contributed by atoms with Gasteiger partial charge in [-0.05, 0) is 6.92 Å². The van der Waals surface area contributed by atoms with E-state index in [4.69, 9.17) is 25.9 Å². The van der Waals surface area contributed by atoms with Crippen molar-refractivity contribution in [1.82, 2.24) is 0 Å². The van der Waals surface area contributed by atoms with E-state index in [0.29, 0.717) is 12.5 Å². The zero-order chi connectivity index (χ0) is 32.6. The SMILES string of the molecule is CC(F)(F)CC(F)(F)CC(F)(F)S(=O)(=O)[O-].CS(=O)(=O)[N-]S(=O)(=O)C(F)(F)F.CS(=O)(=O)[O-].CS(=O)(=O)[O-].[Ag+].[K+].[Na+].[Na+].[Na+]. The summed E-state index contributed by atoms with van der Waals surface area (Å²) in [7, 11) is -24.6. The molecule has 0 radical (unpaired) electrons. The maximum absolute atomic E-state index is 12.6. The van der Waals surface area contributed by atoms with Crippen LogP contribution in [-0.4, -0.2) is 97.1 Å². The topological polar surface area (TPSA) is 254 Å². The molecule has 0 fully saturated rings. The zero-order valence-corrected chi connectivity index (χ0v) is 37.6. The molecule has 0 aliphatic rings. The van der Waals surface area contributed by atoms with Crippen LogP contribution in [0, 0.1) is 0 Å². The number of alkyl halides is 9. The Hall–Kier alpha value is 4.34. The molecule has 246 valence electrons. The number of hydrogen-bond acceptors (Lipinski definition) is 13. The minimum atomic E-state index is -6.30. The van der Waals surface area contributed by atoms with Crippen LogP contribution in [0.4, 0.5) is 39.5 Å². The van der Waals surface area contributed by atoms with Gasteiger partial charge >= 0.3 is 173 Å². The first-order valence-electron chi connectivity index (χ1n) is 7.78. The Bertz CT molecular complexity index is 1270. The van der Waals surface area contributed by atoms with Crippen molar-refractivity contribution in [3.05, 3.63) is 4.13 Å². The predicted molar refractivity (Wildman–Crippen MR) is 104 cm³/mol. The van der Waals surface area contributed by atoms with Crippen molar-refractivity contribution < 1.29 is 258 Å². The standard InChI is InChI=1S/C6H8F6O3S.C2H3F3NO4S2.2CH4O3S.Ag.K.3Na/c1-4(7,8)2-5(9,10)3-6(11,12)16(13,14)15;1-11(7,8)6-12(9,10)2(3,4)5;2*1-5(2,3)4;;;;;/h2-3H2,1H3,(H,13,14,15);1H3;2*1H3,(H,2,3,4);;;;;/q;-1;;;5*+1/p-3. The molecule has 0 amide bonds. The molecular formula is C10H16AgF9KNNa3O13S5+. The van der Waals surface area contributed by atoms with E-state index < -0.39 is 85.9 Å². The third-order valence-electron chi connectivity index (χ3n) is 1.93. The molecule has 0 saturated carbocycles. The molecular weight excluding hydrogens is 889 g/mol. The van der Waals surface area contributed by atoms with Crippen LogP contribution in [0.15, 0.2) is 0 Å². The molecule has 0 bridgehead atoms. The van der Waals surface area contributed by atoms with Crippen molar-refractivity contribution in [3.8, 4) is 0 Å². The smallest absolute Gasteiger partial charge is 0.748 e. The van der Waals surface area contributed by atoms with E-state index in [0.717, 1.165) is 0 Å². The molecule has 0 N–H and O–H groups in total. The van der Waals surface area contributed by atoms with Crippen molar-refractivity contribution in [1.29, 1.82) is 0 Å². The van der Waals surface area contributed by atoms with Crippen LogP contribution in [0.2, 0.25) is 0 Å². The van der Waals surface area contributed by atoms with Gasteiger partial charge in [0.05, 0.1) is 43.1 Å². The van der Waals surface area contributed by atoms with Gasteiger partial charge in [-0.3, -0.25) is 0 Å². The summed E-state index contributed by atoms with van der Waals surface area (Å²) in [6.07, 6.45) is -3.56. The molecule has 43 heavy (non-hydrogen) atoms. The van der Waals surface area contributed by atoms with E-state index in [9.17, 15) is 69.3 Å². The van der Waals surface area contributed by atoms with Gasteiger partial charge in [0.1, 0.15) is 0 Å². The van der Waals surface area contributed by atoms with E-state index in [1.165, 1.54) is 0 Å². The Kier molecular flexibility index (Phi) is 40.7. The molecule has 0 heterocycles. The average Bonchev–Trinajstić information content (AvgIpc) is 2.33. The Balaban J connectivity index is -0.0000000544. The molecule has 0 saturated heterocycles. The molecule has 0 aliphatic carbocycles. The van der Waals surface area contributed by atoms with Crippen LogP contribution >= 0.6 is 0 Å². The van der Waals surface area contributed by atoms with Gasteiger partial charge in [-0.15, -0.1) is 0 Å². The monoisotopic (exact) mass is 904 g/mol. The van der Waals surface area contributed by atoms with E-state index >= 15 is 0 Å². The summed E-state index contributed by atoms with van der Waals surface area (Å²) < 4.78 is 234. The van der Waals surface area contributed by atoms with Crippen molar-refractivity contribution in [2.45, 2.75) is 42.4 Å². The van der Waals surface area contributed by atoms with E-state index in [1.54, 1.807) is 4.13 Å². The van der Waals surface area contributed by atoms with Gasteiger partial charge in [0.25, 0.3) is 11.8 Å². The fourth-order valence-electron chi connectivity index (χ4n) is 1.13. The van der Waals surface area contributed by atoms with Crippen molar-refractivity contribution in [3.63, 3.8) is 0 Å². The van der Waals surface area contributed by atoms with Crippen molar-refractivity contribution >= 4 is 50.4 Å². The summed E-state index contributed by atoms with van der Waals surface area (Å²) in [5, 5.41) is -5.28. The molecule has 0 aromatic carbocycles. The van der Waals surface area contributed by atoms with E-state index in [-0.39, 0.29) is 176 Å². The number of nitrogens with zero attached hydrogens (tertiary/aromatic N) is 1. The first-order chi connectivity index (χ1) is 15.6. The Morgan fingerprint density at radius 3 is 0.953 bits per heavy atom. The predicted octanol–water partition coefficient (Wildman–Crippen LogP) is -11.3. The third kappa shape index (κ3) is 56.0. The quantitative estimate of drug-likeness (QED) is 0.131. The summed E-state index contributed by atoms with van der Waals surface area (Å²) in [4.78, 5) is 0. The van der Waals surface area contributed by atoms with Gasteiger partial charge in [0.2, 0.25) is 0 Å². The summed E-state index contributed by atoms with van der Waals surface area (Å²) >= 11 is 0. The van der Waals surface area contributed by atoms with E-state index in [2.05, 4.69) is 0 Å². The maximum atomic E-state index is 12.6. The summed E-state index contributed by atoms with van der Waals surface area (Å²) in [6.45, 7) is 0.0603. The van der Waals surface area contributed by atoms with Gasteiger partial charge in [0.15, 0.2) is 20.1 Å². The minimum Gasteiger partial charge on any atom is -0.748 e. The Morgan fingerprint density at radius 1 is 0.605 bits per heavy atom. The summed E-state index contributed by atoms with van der Waals surface area (Å²) in [5.41, 5.74) is -5.67. The molecule has 0 rings (SSSR count). The maximum Gasteiger partial charge on any atom is 1.00 e. The van der Waals surface area contributed by atoms with Gasteiger partial charge in [0, 0.05) is 18.8 Å². The van der Waals surface area contributed by atoms with Crippen LogP contribution in [-0.2, 0) is 72.8 Å². The molecule has 0 atom stereocenters. The van der Waals surface area contributed by atoms with Gasteiger partial charge in [-0.1, -0.05) is 0 Å². The second kappa shape index (κ2) is 25.3. The molecule has 0 aliphatic heterocycles. The molecule has 0 unspecified atom stereocenters. The first-order valence-corrected chi connectivity index (χ1v) is 16.1. The first kappa shape index (κ1) is 69.2. The Morgan fingerprint density at radius 2 is 0.837 bits per heavy atom. The summed E-state index contributed by atoms with van der Waals surface area (Å²) in [6, 6.07) is 0. The molecule has 33 heteroatoms. The normalized spacial score (nSPS) is 12.5. The molecule has 0 aromatic heterocycles. The average molecular weight is 905 g/mol. The van der Waals surface area contributed by atoms with Crippen LogP contribution in [0.25, 0.3) is 4.13 Å². The molecule has 0 aromatic rings. The van der Waals surface area contributed by atoms with Crippen LogP contribution in [0.5, 0.6) is 0 Å². The van der Waals surface area contributed by atoms with Crippen LogP contribution in [0.1, 0.15) is 19.8 Å². The summed E-state index contributed by atoms with van der Waals surface area (Å²) in [5.74, 6) is -8.61. The number of hydrogen-bond donors (Lipinski definition) is 0. The van der Waals surface area contributed by atoms with Crippen molar-refractivity contribution in [2.75, 3.05) is 18.8 Å². The second-order valence-electron chi connectivity index (χ2n) is 6.51. The fraction of sp³-hybridized carbons (Fsp3) is 1.00. The van der Waals surface area contributed by atoms with Crippen molar-refractivity contribution in [2.24, 2.45) is 0 Å². The molecule has 14 nitrogen and oxygen atoms in total. The van der Waals surface area contributed by atoms with Gasteiger partial charge < -0.3 is 17.8 Å². The zero-order valence-electron chi connectivity index (χ0n) is 22.9. The van der Waals surface area contributed by atoms with Gasteiger partial charge in [-0.25, -0.2) is 59.7 Å². The Labute approximate surface area is 366 Å².